The van der Waals surface area contributed by atoms with E-state index in [1.165, 1.54) is 0 Å². The Morgan fingerprint density at radius 3 is 1.12 bits per heavy atom. The Hall–Kier alpha value is 0.544. The van der Waals surface area contributed by atoms with Gasteiger partial charge in [0.25, 0.3) is 0 Å². The van der Waals surface area contributed by atoms with Gasteiger partial charge >= 0.3 is 0 Å². The SMILES string of the molecule is CC(C)[N-]C(C)C.[V]. The van der Waals surface area contributed by atoms with Crippen LogP contribution in [0.1, 0.15) is 27.7 Å². The number of rotatable bonds is 2. The molecule has 0 aliphatic carbocycles. The molecule has 0 aromatic carbocycles. The molecule has 0 saturated heterocycles. The summed E-state index contributed by atoms with van der Waals surface area (Å²) in [6.07, 6.45) is 0. The van der Waals surface area contributed by atoms with Gasteiger partial charge in [-0.25, -0.2) is 0 Å². The molecule has 0 spiro atoms. The van der Waals surface area contributed by atoms with Crippen LogP contribution in [-0.4, -0.2) is 12.1 Å². The second-order valence-corrected chi connectivity index (χ2v) is 2.34. The van der Waals surface area contributed by atoms with Crippen LogP contribution in [0.3, 0.4) is 0 Å². The van der Waals surface area contributed by atoms with Gasteiger partial charge in [-0.2, -0.15) is 0 Å². The predicted octanol–water partition coefficient (Wildman–Crippen LogP) is 2.17. The molecular weight excluding hydrogens is 137 g/mol. The minimum Gasteiger partial charge on any atom is -0.658 e. The molecule has 0 unspecified atom stereocenters. The fourth-order valence-corrected chi connectivity index (χ4v) is 0.596. The Labute approximate surface area is 64.1 Å². The van der Waals surface area contributed by atoms with E-state index < -0.39 is 0 Å². The fraction of sp³-hybridized carbons (Fsp3) is 1.00. The van der Waals surface area contributed by atoms with Gasteiger partial charge in [0.05, 0.1) is 0 Å². The average molecular weight is 151 g/mol. The number of nitrogens with zero attached hydrogens (tertiary/aromatic N) is 1. The van der Waals surface area contributed by atoms with Gasteiger partial charge in [-0.1, -0.05) is 27.7 Å². The summed E-state index contributed by atoms with van der Waals surface area (Å²) in [5, 5.41) is 4.28. The topological polar surface area (TPSA) is 14.1 Å². The summed E-state index contributed by atoms with van der Waals surface area (Å²) in [7, 11) is 0. The summed E-state index contributed by atoms with van der Waals surface area (Å²) in [5.74, 6) is 0. The van der Waals surface area contributed by atoms with Crippen molar-refractivity contribution in [3.8, 4) is 0 Å². The molecule has 0 heterocycles. The molecule has 0 aliphatic rings. The van der Waals surface area contributed by atoms with E-state index in [2.05, 4.69) is 33.0 Å². The van der Waals surface area contributed by atoms with Gasteiger partial charge in [-0.3, -0.25) is 0 Å². The molecule has 49 valence electrons. The quantitative estimate of drug-likeness (QED) is 0.574. The summed E-state index contributed by atoms with van der Waals surface area (Å²) in [6, 6.07) is 1.000. The second kappa shape index (κ2) is 5.68. The molecule has 2 heteroatoms. The van der Waals surface area contributed by atoms with Crippen LogP contribution in [-0.2, 0) is 18.6 Å². The first kappa shape index (κ1) is 11.4. The molecule has 0 aromatic heterocycles. The van der Waals surface area contributed by atoms with Gasteiger partial charge < -0.3 is 5.32 Å². The van der Waals surface area contributed by atoms with E-state index in [0.29, 0.717) is 12.1 Å². The van der Waals surface area contributed by atoms with E-state index in [9.17, 15) is 0 Å². The van der Waals surface area contributed by atoms with Crippen molar-refractivity contribution < 1.29 is 18.6 Å². The van der Waals surface area contributed by atoms with E-state index in [0.717, 1.165) is 0 Å². The summed E-state index contributed by atoms with van der Waals surface area (Å²) in [5.41, 5.74) is 0. The van der Waals surface area contributed by atoms with Crippen molar-refractivity contribution in [2.45, 2.75) is 39.8 Å². The van der Waals surface area contributed by atoms with E-state index in [4.69, 9.17) is 0 Å². The minimum atomic E-state index is 0. The Balaban J connectivity index is 0. The smallest absolute Gasteiger partial charge is 0 e. The van der Waals surface area contributed by atoms with E-state index >= 15 is 0 Å². The molecule has 0 N–H and O–H groups in total. The monoisotopic (exact) mass is 151 g/mol. The number of hydrogen-bond donors (Lipinski definition) is 0. The molecule has 1 nitrogen and oxygen atoms in total. The molecule has 8 heavy (non-hydrogen) atoms. The van der Waals surface area contributed by atoms with Crippen LogP contribution in [0, 0.1) is 0 Å². The third-order valence-electron chi connectivity index (χ3n) is 0.596. The summed E-state index contributed by atoms with van der Waals surface area (Å²) in [4.78, 5) is 0. The van der Waals surface area contributed by atoms with E-state index in [1.807, 2.05) is 0 Å². The van der Waals surface area contributed by atoms with E-state index in [1.54, 1.807) is 0 Å². The van der Waals surface area contributed by atoms with Gasteiger partial charge in [0.1, 0.15) is 0 Å². The fourth-order valence-electron chi connectivity index (χ4n) is 0.596. The normalized spacial score (nSPS) is 9.75. The molecule has 0 aliphatic heterocycles. The molecule has 0 atom stereocenters. The maximum atomic E-state index is 4.28. The zero-order chi connectivity index (χ0) is 5.86. The predicted molar refractivity (Wildman–Crippen MR) is 33.6 cm³/mol. The Morgan fingerprint density at radius 1 is 0.875 bits per heavy atom. The summed E-state index contributed by atoms with van der Waals surface area (Å²) >= 11 is 0. The molecule has 0 amide bonds. The van der Waals surface area contributed by atoms with Crippen LogP contribution in [0.5, 0.6) is 0 Å². The molecule has 0 fully saturated rings. The first-order valence-electron chi connectivity index (χ1n) is 2.83. The summed E-state index contributed by atoms with van der Waals surface area (Å²) in [6.45, 7) is 8.39. The van der Waals surface area contributed by atoms with Crippen LogP contribution in [0.2, 0.25) is 0 Å². The van der Waals surface area contributed by atoms with Crippen molar-refractivity contribution >= 4 is 0 Å². The van der Waals surface area contributed by atoms with Crippen molar-refractivity contribution in [2.75, 3.05) is 0 Å². The van der Waals surface area contributed by atoms with Crippen LogP contribution in [0.4, 0.5) is 0 Å². The van der Waals surface area contributed by atoms with E-state index in [-0.39, 0.29) is 18.6 Å². The van der Waals surface area contributed by atoms with Crippen molar-refractivity contribution in [1.82, 2.24) is 0 Å². The van der Waals surface area contributed by atoms with Crippen molar-refractivity contribution in [1.29, 1.82) is 0 Å². The van der Waals surface area contributed by atoms with Gasteiger partial charge in [0.15, 0.2) is 0 Å². The Bertz CT molecular complexity index is 37.8. The van der Waals surface area contributed by atoms with Crippen LogP contribution in [0.25, 0.3) is 5.32 Å². The third-order valence-corrected chi connectivity index (χ3v) is 0.596. The molecule has 0 bridgehead atoms. The number of hydrogen-bond acceptors (Lipinski definition) is 0. The maximum Gasteiger partial charge on any atom is 0 e. The third kappa shape index (κ3) is 9.74. The maximum absolute atomic E-state index is 4.28. The first-order chi connectivity index (χ1) is 3.13. The van der Waals surface area contributed by atoms with Gasteiger partial charge in [-0.05, 0) is 0 Å². The molecule has 0 rings (SSSR count). The van der Waals surface area contributed by atoms with Crippen molar-refractivity contribution in [2.24, 2.45) is 0 Å². The second-order valence-electron chi connectivity index (χ2n) is 2.34. The molecule has 1 radical (unpaired) electrons. The van der Waals surface area contributed by atoms with Gasteiger partial charge in [0, 0.05) is 18.6 Å². The Kier molecular flexibility index (Phi) is 8.06. The van der Waals surface area contributed by atoms with Crippen LogP contribution in [0.15, 0.2) is 0 Å². The van der Waals surface area contributed by atoms with Gasteiger partial charge in [0.2, 0.25) is 0 Å². The van der Waals surface area contributed by atoms with Crippen molar-refractivity contribution in [3.05, 3.63) is 5.32 Å². The first-order valence-corrected chi connectivity index (χ1v) is 2.83. The van der Waals surface area contributed by atoms with Crippen molar-refractivity contribution in [3.63, 3.8) is 0 Å². The van der Waals surface area contributed by atoms with Crippen LogP contribution >= 0.6 is 0 Å². The zero-order valence-corrected chi connectivity index (χ0v) is 7.45. The zero-order valence-electron chi connectivity index (χ0n) is 6.05. The Morgan fingerprint density at radius 2 is 1.12 bits per heavy atom. The minimum absolute atomic E-state index is 0. The summed E-state index contributed by atoms with van der Waals surface area (Å²) < 4.78 is 0. The van der Waals surface area contributed by atoms with Crippen LogP contribution < -0.4 is 0 Å². The van der Waals surface area contributed by atoms with Gasteiger partial charge in [-0.15, -0.1) is 12.1 Å². The molecule has 0 aromatic rings. The molecular formula is C6H14NV-. The largest absolute Gasteiger partial charge is 0.658 e. The molecule has 0 saturated carbocycles. The standard InChI is InChI=1S/C6H14N.V/c1-5(2)7-6(3)4;/h5-6H,1-4H3;/q-1;. The average Bonchev–Trinajstić information content (AvgIpc) is 1.27.